The zero-order valence-electron chi connectivity index (χ0n) is 9.22. The van der Waals surface area contributed by atoms with Crippen molar-refractivity contribution < 1.29 is 17.9 Å². The fourth-order valence-corrected chi connectivity index (χ4v) is 3.04. The Morgan fingerprint density at radius 1 is 1.35 bits per heavy atom. The quantitative estimate of drug-likeness (QED) is 0.789. The molecule has 1 aromatic carbocycles. The number of hydrogen-bond acceptors (Lipinski definition) is 4. The van der Waals surface area contributed by atoms with Gasteiger partial charge in [-0.25, -0.2) is 8.42 Å². The molecule has 1 aromatic rings. The van der Waals surface area contributed by atoms with E-state index in [9.17, 15) is 8.42 Å². The Morgan fingerprint density at radius 2 is 2.06 bits per heavy atom. The van der Waals surface area contributed by atoms with E-state index in [1.165, 1.54) is 4.31 Å². The topological polar surface area (TPSA) is 55.8 Å². The highest BCUT2D eigenvalue weighted by Gasteiger charge is 2.18. The molecule has 1 aliphatic heterocycles. The summed E-state index contributed by atoms with van der Waals surface area (Å²) in [6.45, 7) is 0.527. The summed E-state index contributed by atoms with van der Waals surface area (Å²) in [6.07, 6.45) is 0. The van der Waals surface area contributed by atoms with Gasteiger partial charge in [-0.2, -0.15) is 4.31 Å². The fraction of sp³-hybridized carbons (Fsp3) is 0.400. The lowest BCUT2D eigenvalue weighted by Gasteiger charge is -2.15. The SMILES string of the molecule is CN(Cc1ccc2c(c1)OCO2)S(=O)(=O)CBr. The molecule has 0 radical (unpaired) electrons. The van der Waals surface area contributed by atoms with Crippen LogP contribution < -0.4 is 9.47 Å². The van der Waals surface area contributed by atoms with Gasteiger partial charge in [0.1, 0.15) is 4.66 Å². The van der Waals surface area contributed by atoms with Crippen LogP contribution in [0.2, 0.25) is 0 Å². The summed E-state index contributed by atoms with van der Waals surface area (Å²) in [5.74, 6) is 1.35. The molecule has 1 aliphatic rings. The van der Waals surface area contributed by atoms with Gasteiger partial charge in [0.2, 0.25) is 16.8 Å². The first-order chi connectivity index (χ1) is 8.03. The molecular weight excluding hydrogens is 310 g/mol. The van der Waals surface area contributed by atoms with Crippen molar-refractivity contribution in [3.05, 3.63) is 23.8 Å². The van der Waals surface area contributed by atoms with Gasteiger partial charge in [0.25, 0.3) is 0 Å². The molecule has 2 rings (SSSR count). The number of alkyl halides is 1. The first-order valence-corrected chi connectivity index (χ1v) is 7.64. The van der Waals surface area contributed by atoms with E-state index in [2.05, 4.69) is 15.9 Å². The second-order valence-electron chi connectivity index (χ2n) is 3.66. The minimum absolute atomic E-state index is 0.0823. The molecule has 0 unspecified atom stereocenters. The van der Waals surface area contributed by atoms with Gasteiger partial charge in [-0.1, -0.05) is 22.0 Å². The maximum Gasteiger partial charge on any atom is 0.231 e. The molecule has 0 saturated carbocycles. The molecule has 0 aliphatic carbocycles. The zero-order valence-corrected chi connectivity index (χ0v) is 11.6. The molecule has 0 N–H and O–H groups in total. The van der Waals surface area contributed by atoms with Crippen molar-refractivity contribution in [3.8, 4) is 11.5 Å². The highest BCUT2D eigenvalue weighted by Crippen LogP contribution is 2.32. The van der Waals surface area contributed by atoms with Crippen LogP contribution in [-0.4, -0.2) is 31.2 Å². The largest absolute Gasteiger partial charge is 0.454 e. The molecule has 0 aromatic heterocycles. The molecule has 94 valence electrons. The molecule has 17 heavy (non-hydrogen) atoms. The second kappa shape index (κ2) is 4.83. The Kier molecular flexibility index (Phi) is 3.60. The summed E-state index contributed by atoms with van der Waals surface area (Å²) in [5.41, 5.74) is 0.862. The molecule has 7 heteroatoms. The average Bonchev–Trinajstić information content (AvgIpc) is 2.76. The summed E-state index contributed by atoms with van der Waals surface area (Å²) in [6, 6.07) is 5.41. The summed E-state index contributed by atoms with van der Waals surface area (Å²) in [4.78, 5) is 0. The van der Waals surface area contributed by atoms with Gasteiger partial charge >= 0.3 is 0 Å². The van der Waals surface area contributed by atoms with Crippen molar-refractivity contribution in [2.45, 2.75) is 6.54 Å². The van der Waals surface area contributed by atoms with Gasteiger partial charge in [-0.15, -0.1) is 0 Å². The minimum atomic E-state index is -3.23. The average molecular weight is 322 g/mol. The van der Waals surface area contributed by atoms with E-state index in [0.717, 1.165) is 5.56 Å². The third-order valence-corrected chi connectivity index (χ3v) is 5.55. The van der Waals surface area contributed by atoms with E-state index in [-0.39, 0.29) is 11.5 Å². The van der Waals surface area contributed by atoms with Crippen LogP contribution in [-0.2, 0) is 16.6 Å². The number of rotatable bonds is 4. The lowest BCUT2D eigenvalue weighted by molar-refractivity contribution is 0.174. The van der Waals surface area contributed by atoms with E-state index in [1.807, 2.05) is 6.07 Å². The first kappa shape index (κ1) is 12.7. The monoisotopic (exact) mass is 321 g/mol. The zero-order chi connectivity index (χ0) is 12.5. The minimum Gasteiger partial charge on any atom is -0.454 e. The van der Waals surface area contributed by atoms with Gasteiger partial charge < -0.3 is 9.47 Å². The van der Waals surface area contributed by atoms with Crippen LogP contribution in [0.15, 0.2) is 18.2 Å². The van der Waals surface area contributed by atoms with Crippen molar-refractivity contribution >= 4 is 26.0 Å². The molecule has 0 saturated heterocycles. The van der Waals surface area contributed by atoms with Gasteiger partial charge in [0.15, 0.2) is 11.5 Å². The van der Waals surface area contributed by atoms with Gasteiger partial charge in [-0.3, -0.25) is 0 Å². The smallest absolute Gasteiger partial charge is 0.231 e. The molecule has 0 bridgehead atoms. The Hall–Kier alpha value is -0.790. The molecule has 0 fully saturated rings. The van der Waals surface area contributed by atoms with Crippen LogP contribution in [0.3, 0.4) is 0 Å². The fourth-order valence-electron chi connectivity index (χ4n) is 1.48. The molecule has 0 atom stereocenters. The molecule has 1 heterocycles. The van der Waals surface area contributed by atoms with E-state index in [0.29, 0.717) is 18.0 Å². The second-order valence-corrected chi connectivity index (χ2v) is 7.04. The highest BCUT2D eigenvalue weighted by atomic mass is 79.9. The number of ether oxygens (including phenoxy) is 2. The van der Waals surface area contributed by atoms with Gasteiger partial charge in [0, 0.05) is 13.6 Å². The van der Waals surface area contributed by atoms with Crippen LogP contribution >= 0.6 is 15.9 Å². The number of hydrogen-bond donors (Lipinski definition) is 0. The van der Waals surface area contributed by atoms with Crippen LogP contribution in [0.25, 0.3) is 0 Å². The normalized spacial score (nSPS) is 14.3. The maximum absolute atomic E-state index is 11.6. The van der Waals surface area contributed by atoms with E-state index >= 15 is 0 Å². The van der Waals surface area contributed by atoms with Crippen molar-refractivity contribution in [1.29, 1.82) is 0 Å². The molecule has 5 nitrogen and oxygen atoms in total. The van der Waals surface area contributed by atoms with Crippen molar-refractivity contribution in [3.63, 3.8) is 0 Å². The Balaban J connectivity index is 2.15. The van der Waals surface area contributed by atoms with E-state index < -0.39 is 10.0 Å². The number of benzene rings is 1. The number of fused-ring (bicyclic) bond motifs is 1. The molecular formula is C10H12BrNO4S. The Labute approximate surface area is 109 Å². The molecule has 0 amide bonds. The summed E-state index contributed by atoms with van der Waals surface area (Å²) < 4.78 is 34.7. The van der Waals surface area contributed by atoms with Gasteiger partial charge in [0.05, 0.1) is 0 Å². The van der Waals surface area contributed by atoms with Gasteiger partial charge in [-0.05, 0) is 17.7 Å². The number of nitrogens with zero attached hydrogens (tertiary/aromatic N) is 1. The van der Waals surface area contributed by atoms with Crippen LogP contribution in [0.4, 0.5) is 0 Å². The summed E-state index contributed by atoms with van der Waals surface area (Å²) in [5, 5.41) is 0. The summed E-state index contributed by atoms with van der Waals surface area (Å²) in [7, 11) is -1.69. The predicted octanol–water partition coefficient (Wildman–Crippen LogP) is 1.53. The molecule has 0 spiro atoms. The lowest BCUT2D eigenvalue weighted by Crippen LogP contribution is -2.26. The highest BCUT2D eigenvalue weighted by molar-refractivity contribution is 9.10. The van der Waals surface area contributed by atoms with Crippen LogP contribution in [0.5, 0.6) is 11.5 Å². The van der Waals surface area contributed by atoms with Crippen molar-refractivity contribution in [1.82, 2.24) is 4.31 Å². The predicted molar refractivity (Wildman–Crippen MR) is 66.7 cm³/mol. The third kappa shape index (κ3) is 2.72. The Bertz CT molecular complexity index is 517. The first-order valence-electron chi connectivity index (χ1n) is 4.91. The lowest BCUT2D eigenvalue weighted by atomic mass is 10.2. The van der Waals surface area contributed by atoms with Crippen molar-refractivity contribution in [2.24, 2.45) is 0 Å². The standard InChI is InChI=1S/C10H12BrNO4S/c1-12(17(13,14)6-11)5-8-2-3-9-10(4-8)16-7-15-9/h2-4H,5-7H2,1H3. The number of halogens is 1. The Morgan fingerprint density at radius 3 is 2.76 bits per heavy atom. The van der Waals surface area contributed by atoms with E-state index in [1.54, 1.807) is 19.2 Å². The number of sulfonamides is 1. The maximum atomic E-state index is 11.6. The van der Waals surface area contributed by atoms with E-state index in [4.69, 9.17) is 9.47 Å². The van der Waals surface area contributed by atoms with Crippen LogP contribution in [0.1, 0.15) is 5.56 Å². The third-order valence-electron chi connectivity index (χ3n) is 2.45. The summed E-state index contributed by atoms with van der Waals surface area (Å²) >= 11 is 2.96. The van der Waals surface area contributed by atoms with Crippen molar-refractivity contribution in [2.75, 3.05) is 18.5 Å². The van der Waals surface area contributed by atoms with Crippen LogP contribution in [0, 0.1) is 0 Å².